The molecule has 0 heterocycles. The molecule has 0 spiro atoms. The van der Waals surface area contributed by atoms with Crippen LogP contribution in [-0.4, -0.2) is 12.1 Å². The minimum atomic E-state index is -0.0366. The van der Waals surface area contributed by atoms with Crippen LogP contribution >= 0.6 is 0 Å². The molecule has 0 amide bonds. The van der Waals surface area contributed by atoms with E-state index in [4.69, 9.17) is 4.74 Å². The predicted octanol–water partition coefficient (Wildman–Crippen LogP) is 3.30. The Morgan fingerprint density at radius 2 is 1.92 bits per heavy atom. The molecule has 2 heteroatoms. The molecule has 0 fully saturated rings. The Kier molecular flexibility index (Phi) is 7.76. The lowest BCUT2D eigenvalue weighted by Crippen LogP contribution is -2.13. The van der Waals surface area contributed by atoms with Crippen LogP contribution < -0.4 is 0 Å². The lowest BCUT2D eigenvalue weighted by Gasteiger charge is -2.10. The molecular formula is C11H22O2. The Balaban J connectivity index is 3.30. The number of hydrogen-bond donors (Lipinski definition) is 0. The van der Waals surface area contributed by atoms with E-state index >= 15 is 0 Å². The zero-order valence-corrected chi connectivity index (χ0v) is 9.14. The summed E-state index contributed by atoms with van der Waals surface area (Å²) in [6, 6.07) is 0. The second kappa shape index (κ2) is 8.09. The molecule has 0 aliphatic rings. The van der Waals surface area contributed by atoms with Gasteiger partial charge in [0.2, 0.25) is 0 Å². The van der Waals surface area contributed by atoms with Crippen molar-refractivity contribution in [2.75, 3.05) is 0 Å². The molecule has 0 radical (unpaired) electrons. The van der Waals surface area contributed by atoms with Gasteiger partial charge in [-0.05, 0) is 19.8 Å². The predicted molar refractivity (Wildman–Crippen MR) is 54.6 cm³/mol. The molecule has 78 valence electrons. The molecule has 0 aromatic heterocycles. The maximum absolute atomic E-state index is 11.2. The second-order valence-corrected chi connectivity index (χ2v) is 3.52. The van der Waals surface area contributed by atoms with Gasteiger partial charge in [0.05, 0.1) is 6.10 Å². The van der Waals surface area contributed by atoms with Crippen molar-refractivity contribution in [1.29, 1.82) is 0 Å². The molecule has 1 atom stereocenters. The summed E-state index contributed by atoms with van der Waals surface area (Å²) in [5.74, 6) is -0.0366. The molecule has 0 N–H and O–H groups in total. The average Bonchev–Trinajstić information content (AvgIpc) is 2.12. The number of unbranched alkanes of at least 4 members (excludes halogenated alkanes) is 3. The number of esters is 1. The number of ether oxygens (including phenoxy) is 1. The van der Waals surface area contributed by atoms with Gasteiger partial charge in [0.15, 0.2) is 0 Å². The third-order valence-electron chi connectivity index (χ3n) is 2.14. The fraction of sp³-hybridized carbons (Fsp3) is 0.909. The lowest BCUT2D eigenvalue weighted by atomic mass is 10.1. The van der Waals surface area contributed by atoms with Crippen molar-refractivity contribution in [2.24, 2.45) is 0 Å². The SMILES string of the molecule is CCCCCCC(=O)O[C@@H](C)CC. The quantitative estimate of drug-likeness (QED) is 0.450. The standard InChI is InChI=1S/C11H22O2/c1-4-6-7-8-9-11(12)13-10(3)5-2/h10H,4-9H2,1-3H3/t10-/m0/s1. The van der Waals surface area contributed by atoms with Crippen molar-refractivity contribution in [1.82, 2.24) is 0 Å². The van der Waals surface area contributed by atoms with Crippen LogP contribution in [0.25, 0.3) is 0 Å². The first-order valence-corrected chi connectivity index (χ1v) is 5.40. The number of hydrogen-bond acceptors (Lipinski definition) is 2. The summed E-state index contributed by atoms with van der Waals surface area (Å²) in [7, 11) is 0. The van der Waals surface area contributed by atoms with E-state index in [0.29, 0.717) is 6.42 Å². The summed E-state index contributed by atoms with van der Waals surface area (Å²) in [4.78, 5) is 11.2. The van der Waals surface area contributed by atoms with E-state index in [1.807, 2.05) is 13.8 Å². The van der Waals surface area contributed by atoms with Crippen LogP contribution in [0.15, 0.2) is 0 Å². The first-order chi connectivity index (χ1) is 6.20. The van der Waals surface area contributed by atoms with E-state index in [0.717, 1.165) is 19.3 Å². The van der Waals surface area contributed by atoms with E-state index in [9.17, 15) is 4.79 Å². The van der Waals surface area contributed by atoms with Gasteiger partial charge in [-0.2, -0.15) is 0 Å². The molecule has 0 aliphatic heterocycles. The van der Waals surface area contributed by atoms with Crippen molar-refractivity contribution in [3.05, 3.63) is 0 Å². The average molecular weight is 186 g/mol. The van der Waals surface area contributed by atoms with Crippen molar-refractivity contribution < 1.29 is 9.53 Å². The second-order valence-electron chi connectivity index (χ2n) is 3.52. The summed E-state index contributed by atoms with van der Waals surface area (Å²) in [5, 5.41) is 0. The van der Waals surface area contributed by atoms with Crippen LogP contribution in [0.3, 0.4) is 0 Å². The van der Waals surface area contributed by atoms with Crippen LogP contribution in [0.1, 0.15) is 59.3 Å². The van der Waals surface area contributed by atoms with Gasteiger partial charge in [0, 0.05) is 6.42 Å². The summed E-state index contributed by atoms with van der Waals surface area (Å²) in [6.07, 6.45) is 6.12. The summed E-state index contributed by atoms with van der Waals surface area (Å²) in [5.41, 5.74) is 0. The molecule has 13 heavy (non-hydrogen) atoms. The van der Waals surface area contributed by atoms with Crippen LogP contribution in [0.5, 0.6) is 0 Å². The third kappa shape index (κ3) is 7.82. The zero-order valence-electron chi connectivity index (χ0n) is 9.14. The van der Waals surface area contributed by atoms with Crippen LogP contribution in [0.2, 0.25) is 0 Å². The largest absolute Gasteiger partial charge is 0.463 e. The van der Waals surface area contributed by atoms with E-state index in [-0.39, 0.29) is 12.1 Å². The smallest absolute Gasteiger partial charge is 0.306 e. The van der Waals surface area contributed by atoms with Gasteiger partial charge >= 0.3 is 5.97 Å². The molecule has 0 bridgehead atoms. The highest BCUT2D eigenvalue weighted by Crippen LogP contribution is 2.05. The van der Waals surface area contributed by atoms with Gasteiger partial charge in [0.25, 0.3) is 0 Å². The van der Waals surface area contributed by atoms with Crippen molar-refractivity contribution in [3.8, 4) is 0 Å². The van der Waals surface area contributed by atoms with Crippen molar-refractivity contribution in [2.45, 2.75) is 65.4 Å². The van der Waals surface area contributed by atoms with E-state index < -0.39 is 0 Å². The Morgan fingerprint density at radius 1 is 1.23 bits per heavy atom. The van der Waals surface area contributed by atoms with E-state index in [1.165, 1.54) is 12.8 Å². The molecule has 0 aliphatic carbocycles. The monoisotopic (exact) mass is 186 g/mol. The molecule has 0 aromatic rings. The van der Waals surface area contributed by atoms with Crippen LogP contribution in [0, 0.1) is 0 Å². The molecule has 0 saturated carbocycles. The van der Waals surface area contributed by atoms with Crippen LogP contribution in [-0.2, 0) is 9.53 Å². The maximum Gasteiger partial charge on any atom is 0.306 e. The fourth-order valence-corrected chi connectivity index (χ4v) is 1.06. The van der Waals surface area contributed by atoms with Crippen molar-refractivity contribution in [3.63, 3.8) is 0 Å². The van der Waals surface area contributed by atoms with Crippen molar-refractivity contribution >= 4 is 5.97 Å². The highest BCUT2D eigenvalue weighted by atomic mass is 16.5. The normalized spacial score (nSPS) is 12.5. The number of carbonyl (C=O) groups excluding carboxylic acids is 1. The maximum atomic E-state index is 11.2. The van der Waals surface area contributed by atoms with Crippen LogP contribution in [0.4, 0.5) is 0 Å². The van der Waals surface area contributed by atoms with E-state index in [2.05, 4.69) is 6.92 Å². The van der Waals surface area contributed by atoms with E-state index in [1.54, 1.807) is 0 Å². The van der Waals surface area contributed by atoms with Gasteiger partial charge in [-0.25, -0.2) is 0 Å². The molecular weight excluding hydrogens is 164 g/mol. The van der Waals surface area contributed by atoms with Gasteiger partial charge < -0.3 is 4.74 Å². The molecule has 0 saturated heterocycles. The Morgan fingerprint density at radius 3 is 2.46 bits per heavy atom. The molecule has 0 rings (SSSR count). The fourth-order valence-electron chi connectivity index (χ4n) is 1.06. The molecule has 2 nitrogen and oxygen atoms in total. The molecule has 0 aromatic carbocycles. The van der Waals surface area contributed by atoms with Gasteiger partial charge in [-0.1, -0.05) is 33.1 Å². The summed E-state index contributed by atoms with van der Waals surface area (Å²) in [6.45, 7) is 6.12. The van der Waals surface area contributed by atoms with Gasteiger partial charge in [0.1, 0.15) is 0 Å². The Hall–Kier alpha value is -0.530. The highest BCUT2D eigenvalue weighted by Gasteiger charge is 2.06. The minimum absolute atomic E-state index is 0.0366. The number of rotatable bonds is 7. The summed E-state index contributed by atoms with van der Waals surface area (Å²) < 4.78 is 5.14. The van der Waals surface area contributed by atoms with Gasteiger partial charge in [-0.15, -0.1) is 0 Å². The highest BCUT2D eigenvalue weighted by molar-refractivity contribution is 5.69. The summed E-state index contributed by atoms with van der Waals surface area (Å²) >= 11 is 0. The Labute approximate surface area is 81.7 Å². The molecule has 0 unspecified atom stereocenters. The lowest BCUT2D eigenvalue weighted by molar-refractivity contribution is -0.148. The third-order valence-corrected chi connectivity index (χ3v) is 2.14. The first kappa shape index (κ1) is 12.5. The van der Waals surface area contributed by atoms with Gasteiger partial charge in [-0.3, -0.25) is 4.79 Å². The Bertz CT molecular complexity index is 132. The zero-order chi connectivity index (χ0) is 10.1. The minimum Gasteiger partial charge on any atom is -0.463 e. The topological polar surface area (TPSA) is 26.3 Å². The number of carbonyl (C=O) groups is 1. The first-order valence-electron chi connectivity index (χ1n) is 5.40.